The number of carbonyl (C=O) groups is 2. The van der Waals surface area contributed by atoms with Crippen molar-refractivity contribution in [3.05, 3.63) is 39.4 Å². The van der Waals surface area contributed by atoms with E-state index >= 15 is 0 Å². The molecule has 0 bridgehead atoms. The fourth-order valence-electron chi connectivity index (χ4n) is 2.07. The van der Waals surface area contributed by atoms with Crippen molar-refractivity contribution in [2.45, 2.75) is 52.6 Å². The Hall–Kier alpha value is -2.44. The summed E-state index contributed by atoms with van der Waals surface area (Å²) in [6, 6.07) is 4.61. The van der Waals surface area contributed by atoms with Gasteiger partial charge in [-0.3, -0.25) is 19.7 Å². The molecule has 0 radical (unpaired) electrons. The SMILES string of the molecule is CCCCCOC(=O)CCC(=O)OCc1cccc([N+](=O)[O-])c1C. The second kappa shape index (κ2) is 10.4. The maximum Gasteiger partial charge on any atom is 0.306 e. The molecule has 0 saturated carbocycles. The summed E-state index contributed by atoms with van der Waals surface area (Å²) >= 11 is 0. The third kappa shape index (κ3) is 6.76. The van der Waals surface area contributed by atoms with E-state index in [-0.39, 0.29) is 25.1 Å². The van der Waals surface area contributed by atoms with Gasteiger partial charge >= 0.3 is 11.9 Å². The Morgan fingerprint density at radius 2 is 1.79 bits per heavy atom. The molecule has 0 aliphatic rings. The molecule has 0 atom stereocenters. The van der Waals surface area contributed by atoms with Crippen molar-refractivity contribution >= 4 is 17.6 Å². The highest BCUT2D eigenvalue weighted by Crippen LogP contribution is 2.21. The average Bonchev–Trinajstić information content (AvgIpc) is 2.55. The van der Waals surface area contributed by atoms with Crippen molar-refractivity contribution < 1.29 is 24.0 Å². The van der Waals surface area contributed by atoms with Crippen molar-refractivity contribution in [1.82, 2.24) is 0 Å². The lowest BCUT2D eigenvalue weighted by Crippen LogP contribution is -2.11. The zero-order valence-corrected chi connectivity index (χ0v) is 14.1. The zero-order chi connectivity index (χ0) is 17.9. The van der Waals surface area contributed by atoms with Crippen LogP contribution in [0.25, 0.3) is 0 Å². The summed E-state index contributed by atoms with van der Waals surface area (Å²) in [5.74, 6) is -0.957. The van der Waals surface area contributed by atoms with Gasteiger partial charge in [-0.2, -0.15) is 0 Å². The van der Waals surface area contributed by atoms with Crippen LogP contribution in [0, 0.1) is 17.0 Å². The molecule has 0 amide bonds. The van der Waals surface area contributed by atoms with Gasteiger partial charge in [0.1, 0.15) is 6.61 Å². The first-order valence-electron chi connectivity index (χ1n) is 7.99. The minimum Gasteiger partial charge on any atom is -0.466 e. The molecule has 7 nitrogen and oxygen atoms in total. The van der Waals surface area contributed by atoms with Crippen LogP contribution in [0.2, 0.25) is 0 Å². The largest absolute Gasteiger partial charge is 0.466 e. The van der Waals surface area contributed by atoms with Crippen LogP contribution in [0.4, 0.5) is 5.69 Å². The molecule has 0 N–H and O–H groups in total. The van der Waals surface area contributed by atoms with Crippen LogP contribution in [0.15, 0.2) is 18.2 Å². The number of hydrogen-bond donors (Lipinski definition) is 0. The molecule has 0 spiro atoms. The first kappa shape index (κ1) is 19.6. The number of nitrogens with zero attached hydrogens (tertiary/aromatic N) is 1. The predicted molar refractivity (Wildman–Crippen MR) is 87.3 cm³/mol. The minimum atomic E-state index is -0.536. The summed E-state index contributed by atoms with van der Waals surface area (Å²) in [6.07, 6.45) is 2.76. The number of ether oxygens (including phenoxy) is 2. The van der Waals surface area contributed by atoms with Crippen molar-refractivity contribution in [1.29, 1.82) is 0 Å². The summed E-state index contributed by atoms with van der Waals surface area (Å²) < 4.78 is 10.1. The Balaban J connectivity index is 2.35. The highest BCUT2D eigenvalue weighted by Gasteiger charge is 2.15. The lowest BCUT2D eigenvalue weighted by atomic mass is 10.1. The van der Waals surface area contributed by atoms with Crippen LogP contribution >= 0.6 is 0 Å². The van der Waals surface area contributed by atoms with E-state index in [1.807, 2.05) is 0 Å². The van der Waals surface area contributed by atoms with Gasteiger partial charge in [-0.25, -0.2) is 0 Å². The van der Waals surface area contributed by atoms with Gasteiger partial charge < -0.3 is 9.47 Å². The number of carbonyl (C=O) groups excluding carboxylic acids is 2. The normalized spacial score (nSPS) is 10.2. The van der Waals surface area contributed by atoms with Gasteiger partial charge in [-0.1, -0.05) is 31.9 Å². The first-order valence-corrected chi connectivity index (χ1v) is 7.99. The van der Waals surface area contributed by atoms with E-state index in [1.54, 1.807) is 19.1 Å². The summed E-state index contributed by atoms with van der Waals surface area (Å²) in [6.45, 7) is 3.97. The van der Waals surface area contributed by atoms with Crippen LogP contribution in [-0.2, 0) is 25.7 Å². The summed E-state index contributed by atoms with van der Waals surface area (Å²) in [5.41, 5.74) is 1.02. The molecule has 0 aliphatic heterocycles. The fourth-order valence-corrected chi connectivity index (χ4v) is 2.07. The van der Waals surface area contributed by atoms with Gasteiger partial charge in [0, 0.05) is 11.6 Å². The molecular formula is C17H23NO6. The molecule has 1 aromatic rings. The Labute approximate surface area is 141 Å². The lowest BCUT2D eigenvalue weighted by Gasteiger charge is -2.08. The summed E-state index contributed by atoms with van der Waals surface area (Å²) in [4.78, 5) is 33.5. The topological polar surface area (TPSA) is 95.7 Å². The van der Waals surface area contributed by atoms with Gasteiger partial charge in [0.15, 0.2) is 0 Å². The molecule has 7 heteroatoms. The van der Waals surface area contributed by atoms with Crippen molar-refractivity contribution in [2.75, 3.05) is 6.61 Å². The second-order valence-corrected chi connectivity index (χ2v) is 5.41. The number of rotatable bonds is 10. The molecular weight excluding hydrogens is 314 g/mol. The minimum absolute atomic E-state index is 0.0146. The number of esters is 2. The predicted octanol–water partition coefficient (Wildman–Crippen LogP) is 3.46. The molecule has 0 aliphatic carbocycles. The van der Waals surface area contributed by atoms with E-state index in [1.165, 1.54) is 6.07 Å². The molecule has 1 aromatic carbocycles. The molecule has 0 fully saturated rings. The number of nitro benzene ring substituents is 1. The van der Waals surface area contributed by atoms with Crippen LogP contribution in [0.5, 0.6) is 0 Å². The Kier molecular flexibility index (Phi) is 8.46. The van der Waals surface area contributed by atoms with E-state index in [0.29, 0.717) is 17.7 Å². The Morgan fingerprint density at radius 3 is 2.42 bits per heavy atom. The highest BCUT2D eigenvalue weighted by molar-refractivity contribution is 5.77. The zero-order valence-electron chi connectivity index (χ0n) is 14.1. The van der Waals surface area contributed by atoms with E-state index in [4.69, 9.17) is 9.47 Å². The van der Waals surface area contributed by atoms with Crippen molar-refractivity contribution in [2.24, 2.45) is 0 Å². The van der Waals surface area contributed by atoms with Crippen molar-refractivity contribution in [3.63, 3.8) is 0 Å². The third-order valence-corrected chi connectivity index (χ3v) is 3.55. The van der Waals surface area contributed by atoms with Gasteiger partial charge in [0.25, 0.3) is 5.69 Å². The molecule has 0 unspecified atom stereocenters. The van der Waals surface area contributed by atoms with E-state index in [9.17, 15) is 19.7 Å². The molecule has 24 heavy (non-hydrogen) atoms. The quantitative estimate of drug-likeness (QED) is 0.281. The van der Waals surface area contributed by atoms with E-state index < -0.39 is 16.9 Å². The standard InChI is InChI=1S/C17H23NO6/c1-3-4-5-11-23-16(19)9-10-17(20)24-12-14-7-6-8-15(13(14)2)18(21)22/h6-8H,3-5,9-12H2,1-2H3. The Bertz CT molecular complexity index is 584. The second-order valence-electron chi connectivity index (χ2n) is 5.41. The average molecular weight is 337 g/mol. The molecule has 0 saturated heterocycles. The number of hydrogen-bond acceptors (Lipinski definition) is 6. The number of benzene rings is 1. The fraction of sp³-hybridized carbons (Fsp3) is 0.529. The highest BCUT2D eigenvalue weighted by atomic mass is 16.6. The third-order valence-electron chi connectivity index (χ3n) is 3.55. The van der Waals surface area contributed by atoms with Gasteiger partial charge in [-0.15, -0.1) is 0 Å². The van der Waals surface area contributed by atoms with Crippen LogP contribution in [0.1, 0.15) is 50.2 Å². The smallest absolute Gasteiger partial charge is 0.306 e. The number of unbranched alkanes of at least 4 members (excludes halogenated alkanes) is 2. The summed E-state index contributed by atoms with van der Waals surface area (Å²) in [5, 5.41) is 10.9. The van der Waals surface area contributed by atoms with Gasteiger partial charge in [-0.05, 0) is 18.9 Å². The van der Waals surface area contributed by atoms with Crippen LogP contribution in [-0.4, -0.2) is 23.5 Å². The molecule has 1 rings (SSSR count). The molecule has 0 heterocycles. The first-order chi connectivity index (χ1) is 11.5. The lowest BCUT2D eigenvalue weighted by molar-refractivity contribution is -0.385. The maximum atomic E-state index is 11.7. The summed E-state index contributed by atoms with van der Waals surface area (Å²) in [7, 11) is 0. The van der Waals surface area contributed by atoms with Crippen molar-refractivity contribution in [3.8, 4) is 0 Å². The monoisotopic (exact) mass is 337 g/mol. The van der Waals surface area contributed by atoms with Gasteiger partial charge in [0.05, 0.1) is 24.4 Å². The molecule has 132 valence electrons. The van der Waals surface area contributed by atoms with Crippen LogP contribution in [0.3, 0.4) is 0 Å². The molecule has 0 aromatic heterocycles. The maximum absolute atomic E-state index is 11.7. The van der Waals surface area contributed by atoms with Crippen LogP contribution < -0.4 is 0 Å². The van der Waals surface area contributed by atoms with E-state index in [2.05, 4.69) is 6.92 Å². The van der Waals surface area contributed by atoms with E-state index in [0.717, 1.165) is 19.3 Å². The Morgan fingerprint density at radius 1 is 1.12 bits per heavy atom. The number of nitro groups is 1. The van der Waals surface area contributed by atoms with Gasteiger partial charge in [0.2, 0.25) is 0 Å².